The van der Waals surface area contributed by atoms with E-state index in [0.717, 1.165) is 6.42 Å². The Labute approximate surface area is 86.4 Å². The SMILES string of the molecule is OC(Cc1cncs1)C1CCCS1. The van der Waals surface area contributed by atoms with Gasteiger partial charge in [0.1, 0.15) is 0 Å². The molecule has 4 heteroatoms. The largest absolute Gasteiger partial charge is 0.392 e. The standard InChI is InChI=1S/C9H13NOS2/c11-8(9-2-1-3-12-9)4-7-5-10-6-13-7/h5-6,8-9,11H,1-4H2. The molecule has 1 fully saturated rings. The predicted molar refractivity (Wildman–Crippen MR) is 57.3 cm³/mol. The topological polar surface area (TPSA) is 33.1 Å². The van der Waals surface area contributed by atoms with E-state index in [1.807, 2.05) is 23.5 Å². The van der Waals surface area contributed by atoms with Crippen molar-refractivity contribution in [2.75, 3.05) is 5.75 Å². The lowest BCUT2D eigenvalue weighted by molar-refractivity contribution is 0.171. The van der Waals surface area contributed by atoms with Gasteiger partial charge in [0.25, 0.3) is 0 Å². The summed E-state index contributed by atoms with van der Waals surface area (Å²) in [6.45, 7) is 0. The first kappa shape index (κ1) is 9.49. The predicted octanol–water partition coefficient (Wildman–Crippen LogP) is 1.94. The van der Waals surface area contributed by atoms with E-state index >= 15 is 0 Å². The van der Waals surface area contributed by atoms with Crippen LogP contribution in [0.3, 0.4) is 0 Å². The van der Waals surface area contributed by atoms with Gasteiger partial charge in [0.15, 0.2) is 0 Å². The minimum Gasteiger partial charge on any atom is -0.392 e. The summed E-state index contributed by atoms with van der Waals surface area (Å²) in [5.74, 6) is 1.21. The lowest BCUT2D eigenvalue weighted by Gasteiger charge is -2.15. The zero-order chi connectivity index (χ0) is 9.10. The van der Waals surface area contributed by atoms with Crippen LogP contribution in [0.4, 0.5) is 0 Å². The van der Waals surface area contributed by atoms with E-state index in [1.165, 1.54) is 23.5 Å². The van der Waals surface area contributed by atoms with Gasteiger partial charge in [0.05, 0.1) is 11.6 Å². The molecule has 0 bridgehead atoms. The van der Waals surface area contributed by atoms with Crippen molar-refractivity contribution in [1.29, 1.82) is 0 Å². The van der Waals surface area contributed by atoms with Crippen molar-refractivity contribution in [3.05, 3.63) is 16.6 Å². The Hall–Kier alpha value is -0.0600. The zero-order valence-electron chi connectivity index (χ0n) is 7.35. The van der Waals surface area contributed by atoms with Gasteiger partial charge in [0.2, 0.25) is 0 Å². The molecule has 0 amide bonds. The number of hydrogen-bond donors (Lipinski definition) is 1. The maximum Gasteiger partial charge on any atom is 0.0794 e. The fraction of sp³-hybridized carbons (Fsp3) is 0.667. The van der Waals surface area contributed by atoms with E-state index in [4.69, 9.17) is 0 Å². The zero-order valence-corrected chi connectivity index (χ0v) is 8.98. The van der Waals surface area contributed by atoms with Gasteiger partial charge in [-0.15, -0.1) is 11.3 Å². The van der Waals surface area contributed by atoms with Crippen molar-refractivity contribution in [3.63, 3.8) is 0 Å². The molecule has 1 N–H and O–H groups in total. The first-order chi connectivity index (χ1) is 6.36. The van der Waals surface area contributed by atoms with E-state index in [0.29, 0.717) is 5.25 Å². The fourth-order valence-corrected chi connectivity index (χ4v) is 3.52. The third-order valence-electron chi connectivity index (χ3n) is 2.29. The molecule has 13 heavy (non-hydrogen) atoms. The minimum absolute atomic E-state index is 0.173. The van der Waals surface area contributed by atoms with Gasteiger partial charge >= 0.3 is 0 Å². The molecule has 0 aromatic carbocycles. The van der Waals surface area contributed by atoms with Crippen LogP contribution in [0.1, 0.15) is 17.7 Å². The summed E-state index contributed by atoms with van der Waals surface area (Å²) in [4.78, 5) is 5.20. The van der Waals surface area contributed by atoms with Crippen LogP contribution in [0.25, 0.3) is 0 Å². The normalized spacial score (nSPS) is 24.8. The Morgan fingerprint density at radius 3 is 3.23 bits per heavy atom. The second-order valence-corrected chi connectivity index (χ2v) is 5.61. The smallest absolute Gasteiger partial charge is 0.0794 e. The number of hydrogen-bond acceptors (Lipinski definition) is 4. The van der Waals surface area contributed by atoms with Crippen LogP contribution in [0.2, 0.25) is 0 Å². The highest BCUT2D eigenvalue weighted by Crippen LogP contribution is 2.30. The monoisotopic (exact) mass is 215 g/mol. The van der Waals surface area contributed by atoms with Gasteiger partial charge in [-0.1, -0.05) is 0 Å². The third kappa shape index (κ3) is 2.45. The van der Waals surface area contributed by atoms with Crippen LogP contribution in [0.15, 0.2) is 11.7 Å². The molecule has 0 spiro atoms. The number of aromatic nitrogens is 1. The first-order valence-electron chi connectivity index (χ1n) is 4.53. The van der Waals surface area contributed by atoms with E-state index in [9.17, 15) is 5.11 Å². The minimum atomic E-state index is -0.173. The summed E-state index contributed by atoms with van der Waals surface area (Å²) < 4.78 is 0. The van der Waals surface area contributed by atoms with Crippen LogP contribution in [-0.4, -0.2) is 27.2 Å². The van der Waals surface area contributed by atoms with Crippen LogP contribution in [0.5, 0.6) is 0 Å². The first-order valence-corrected chi connectivity index (χ1v) is 6.46. The van der Waals surface area contributed by atoms with Crippen molar-refractivity contribution < 1.29 is 5.11 Å². The molecule has 0 aliphatic carbocycles. The second-order valence-electron chi connectivity index (χ2n) is 3.29. The Balaban J connectivity index is 1.87. The van der Waals surface area contributed by atoms with E-state index in [2.05, 4.69) is 4.98 Å². The maximum absolute atomic E-state index is 9.88. The molecule has 2 heterocycles. The van der Waals surface area contributed by atoms with Crippen molar-refractivity contribution in [2.45, 2.75) is 30.6 Å². The highest BCUT2D eigenvalue weighted by Gasteiger charge is 2.24. The highest BCUT2D eigenvalue weighted by molar-refractivity contribution is 8.00. The molecule has 2 rings (SSSR count). The van der Waals surface area contributed by atoms with Gasteiger partial charge in [-0.25, -0.2) is 0 Å². The number of nitrogens with zero attached hydrogens (tertiary/aromatic N) is 1. The maximum atomic E-state index is 9.88. The Morgan fingerprint density at radius 2 is 2.62 bits per heavy atom. The number of rotatable bonds is 3. The van der Waals surface area contributed by atoms with Crippen molar-refractivity contribution in [2.24, 2.45) is 0 Å². The lowest BCUT2D eigenvalue weighted by atomic mass is 10.1. The molecule has 1 aromatic heterocycles. The van der Waals surface area contributed by atoms with Gasteiger partial charge in [-0.2, -0.15) is 11.8 Å². The molecule has 1 saturated heterocycles. The number of thiazole rings is 1. The molecule has 0 saturated carbocycles. The summed E-state index contributed by atoms with van der Waals surface area (Å²) >= 11 is 3.54. The van der Waals surface area contributed by atoms with E-state index in [-0.39, 0.29) is 6.10 Å². The Morgan fingerprint density at radius 1 is 1.69 bits per heavy atom. The molecule has 1 aliphatic heterocycles. The summed E-state index contributed by atoms with van der Waals surface area (Å²) in [6.07, 6.45) is 4.89. The third-order valence-corrected chi connectivity index (χ3v) is 4.59. The molecule has 2 unspecified atom stereocenters. The Bertz CT molecular complexity index is 244. The summed E-state index contributed by atoms with van der Waals surface area (Å²) in [6, 6.07) is 0. The lowest BCUT2D eigenvalue weighted by Crippen LogP contribution is -2.22. The number of aliphatic hydroxyl groups is 1. The van der Waals surface area contributed by atoms with Crippen molar-refractivity contribution in [3.8, 4) is 0 Å². The van der Waals surface area contributed by atoms with Crippen LogP contribution < -0.4 is 0 Å². The molecule has 72 valence electrons. The summed E-state index contributed by atoms with van der Waals surface area (Å²) in [7, 11) is 0. The fourth-order valence-electron chi connectivity index (χ4n) is 1.59. The van der Waals surface area contributed by atoms with Gasteiger partial charge in [0, 0.05) is 22.7 Å². The molecular weight excluding hydrogens is 202 g/mol. The summed E-state index contributed by atoms with van der Waals surface area (Å²) in [5.41, 5.74) is 1.82. The van der Waals surface area contributed by atoms with E-state index in [1.54, 1.807) is 11.3 Å². The Kier molecular flexibility index (Phi) is 3.24. The van der Waals surface area contributed by atoms with Gasteiger partial charge < -0.3 is 5.11 Å². The van der Waals surface area contributed by atoms with E-state index < -0.39 is 0 Å². The molecule has 2 nitrogen and oxygen atoms in total. The van der Waals surface area contributed by atoms with Crippen LogP contribution in [-0.2, 0) is 6.42 Å². The highest BCUT2D eigenvalue weighted by atomic mass is 32.2. The van der Waals surface area contributed by atoms with Crippen LogP contribution >= 0.6 is 23.1 Å². The quantitative estimate of drug-likeness (QED) is 0.836. The van der Waals surface area contributed by atoms with Crippen LogP contribution in [0, 0.1) is 0 Å². The van der Waals surface area contributed by atoms with Gasteiger partial charge in [-0.3, -0.25) is 4.98 Å². The molecular formula is C9H13NOS2. The van der Waals surface area contributed by atoms with Crippen molar-refractivity contribution in [1.82, 2.24) is 4.98 Å². The average Bonchev–Trinajstić information content (AvgIpc) is 2.74. The molecule has 2 atom stereocenters. The number of thioether (sulfide) groups is 1. The molecule has 1 aliphatic rings. The average molecular weight is 215 g/mol. The number of aliphatic hydroxyl groups excluding tert-OH is 1. The molecule has 1 aromatic rings. The van der Waals surface area contributed by atoms with Crippen molar-refractivity contribution >= 4 is 23.1 Å². The molecule has 0 radical (unpaired) electrons. The van der Waals surface area contributed by atoms with Gasteiger partial charge in [-0.05, 0) is 18.6 Å². The second kappa shape index (κ2) is 4.44. The summed E-state index contributed by atoms with van der Waals surface area (Å²) in [5, 5.41) is 10.3.